The molecular formula is C14H22ClN3O2. The molecule has 20 heavy (non-hydrogen) atoms. The maximum Gasteiger partial charge on any atom is 0.253 e. The minimum Gasteiger partial charge on any atom is -0.350 e. The minimum absolute atomic E-state index is 0. The number of halogens is 1. The van der Waals surface area contributed by atoms with Crippen LogP contribution < -0.4 is 16.4 Å². The van der Waals surface area contributed by atoms with Gasteiger partial charge in [0.1, 0.15) is 0 Å². The van der Waals surface area contributed by atoms with Crippen molar-refractivity contribution >= 4 is 29.9 Å². The summed E-state index contributed by atoms with van der Waals surface area (Å²) in [5.41, 5.74) is 6.41. The summed E-state index contributed by atoms with van der Waals surface area (Å²) in [4.78, 5) is 23.8. The van der Waals surface area contributed by atoms with Crippen LogP contribution in [-0.4, -0.2) is 24.4 Å². The van der Waals surface area contributed by atoms with Crippen LogP contribution in [0.3, 0.4) is 0 Å². The van der Waals surface area contributed by atoms with Gasteiger partial charge >= 0.3 is 0 Å². The number of rotatable bonds is 5. The Labute approximate surface area is 125 Å². The van der Waals surface area contributed by atoms with Crippen molar-refractivity contribution in [1.82, 2.24) is 5.32 Å². The number of amides is 2. The van der Waals surface area contributed by atoms with E-state index in [1.165, 1.54) is 0 Å². The van der Waals surface area contributed by atoms with E-state index < -0.39 is 0 Å². The number of carbonyl (C=O) groups is 2. The molecule has 0 radical (unpaired) electrons. The van der Waals surface area contributed by atoms with Crippen LogP contribution in [0.15, 0.2) is 24.3 Å². The highest BCUT2D eigenvalue weighted by atomic mass is 35.5. The van der Waals surface area contributed by atoms with Gasteiger partial charge in [0.05, 0.1) is 11.3 Å². The molecule has 6 heteroatoms. The lowest BCUT2D eigenvalue weighted by atomic mass is 10.1. The molecule has 0 aliphatic rings. The number of para-hydroxylation sites is 1. The third-order valence-corrected chi connectivity index (χ3v) is 2.65. The molecule has 1 atom stereocenters. The normalized spacial score (nSPS) is 11.4. The van der Waals surface area contributed by atoms with Crippen LogP contribution in [0.25, 0.3) is 0 Å². The molecular weight excluding hydrogens is 278 g/mol. The summed E-state index contributed by atoms with van der Waals surface area (Å²) in [5.74, 6) is -0.681. The molecule has 1 aromatic rings. The predicted molar refractivity (Wildman–Crippen MR) is 83.1 cm³/mol. The second-order valence-electron chi connectivity index (χ2n) is 4.80. The zero-order chi connectivity index (χ0) is 14.4. The Morgan fingerprint density at radius 2 is 1.80 bits per heavy atom. The summed E-state index contributed by atoms with van der Waals surface area (Å²) in [7, 11) is 0. The first-order valence-corrected chi connectivity index (χ1v) is 6.36. The van der Waals surface area contributed by atoms with Crippen molar-refractivity contribution in [2.24, 2.45) is 11.7 Å². The van der Waals surface area contributed by atoms with Gasteiger partial charge in [-0.1, -0.05) is 19.1 Å². The topological polar surface area (TPSA) is 84.2 Å². The Kier molecular flexibility index (Phi) is 7.87. The van der Waals surface area contributed by atoms with E-state index in [1.54, 1.807) is 31.2 Å². The van der Waals surface area contributed by atoms with Crippen molar-refractivity contribution in [1.29, 1.82) is 0 Å². The fraction of sp³-hybridized carbons (Fsp3) is 0.429. The Hall–Kier alpha value is -1.59. The second-order valence-corrected chi connectivity index (χ2v) is 4.80. The highest BCUT2D eigenvalue weighted by Gasteiger charge is 2.16. The number of carbonyl (C=O) groups excluding carboxylic acids is 2. The smallest absolute Gasteiger partial charge is 0.253 e. The molecule has 0 heterocycles. The molecule has 0 saturated heterocycles. The summed E-state index contributed by atoms with van der Waals surface area (Å²) in [6, 6.07) is 6.96. The molecule has 0 bridgehead atoms. The summed E-state index contributed by atoms with van der Waals surface area (Å²) in [6.45, 7) is 5.78. The highest BCUT2D eigenvalue weighted by Crippen LogP contribution is 2.16. The minimum atomic E-state index is -0.291. The van der Waals surface area contributed by atoms with Crippen molar-refractivity contribution in [3.05, 3.63) is 29.8 Å². The lowest BCUT2D eigenvalue weighted by Crippen LogP contribution is -2.32. The first kappa shape index (κ1) is 18.4. The molecule has 112 valence electrons. The van der Waals surface area contributed by atoms with Gasteiger partial charge in [-0.05, 0) is 26.0 Å². The maximum atomic E-state index is 12.0. The van der Waals surface area contributed by atoms with Gasteiger partial charge in [-0.3, -0.25) is 9.59 Å². The summed E-state index contributed by atoms with van der Waals surface area (Å²) < 4.78 is 0. The van der Waals surface area contributed by atoms with Crippen LogP contribution in [0.4, 0.5) is 5.69 Å². The Bertz CT molecular complexity index is 463. The molecule has 1 aromatic carbocycles. The number of hydrogen-bond donors (Lipinski definition) is 3. The molecule has 1 unspecified atom stereocenters. The molecule has 5 nitrogen and oxygen atoms in total. The van der Waals surface area contributed by atoms with E-state index in [0.29, 0.717) is 11.3 Å². The molecule has 4 N–H and O–H groups in total. The SMILES string of the molecule is CC(C)NC(=O)c1ccccc1NC(=O)C(C)CN.Cl. The van der Waals surface area contributed by atoms with E-state index in [2.05, 4.69) is 10.6 Å². The first-order chi connectivity index (χ1) is 8.95. The van der Waals surface area contributed by atoms with Gasteiger partial charge in [0.2, 0.25) is 5.91 Å². The van der Waals surface area contributed by atoms with E-state index in [0.717, 1.165) is 0 Å². The number of benzene rings is 1. The van der Waals surface area contributed by atoms with Crippen LogP contribution in [0.2, 0.25) is 0 Å². The molecule has 0 saturated carbocycles. The maximum absolute atomic E-state index is 12.0. The fourth-order valence-electron chi connectivity index (χ4n) is 1.49. The average molecular weight is 300 g/mol. The largest absolute Gasteiger partial charge is 0.350 e. The Morgan fingerprint density at radius 1 is 1.20 bits per heavy atom. The molecule has 2 amide bonds. The van der Waals surface area contributed by atoms with Gasteiger partial charge in [0.25, 0.3) is 5.91 Å². The van der Waals surface area contributed by atoms with Gasteiger partial charge in [0.15, 0.2) is 0 Å². The number of nitrogens with two attached hydrogens (primary N) is 1. The second kappa shape index (κ2) is 8.55. The van der Waals surface area contributed by atoms with Gasteiger partial charge < -0.3 is 16.4 Å². The predicted octanol–water partition coefficient (Wildman–Crippen LogP) is 1.78. The van der Waals surface area contributed by atoms with Crippen molar-refractivity contribution in [3.63, 3.8) is 0 Å². The van der Waals surface area contributed by atoms with Crippen LogP contribution in [-0.2, 0) is 4.79 Å². The van der Waals surface area contributed by atoms with E-state index in [9.17, 15) is 9.59 Å². The number of hydrogen-bond acceptors (Lipinski definition) is 3. The van der Waals surface area contributed by atoms with Gasteiger partial charge in [-0.15, -0.1) is 12.4 Å². The van der Waals surface area contributed by atoms with Crippen molar-refractivity contribution in [2.75, 3.05) is 11.9 Å². The molecule has 0 fully saturated rings. The number of anilines is 1. The third-order valence-electron chi connectivity index (χ3n) is 2.65. The summed E-state index contributed by atoms with van der Waals surface area (Å²) in [6.07, 6.45) is 0. The fourth-order valence-corrected chi connectivity index (χ4v) is 1.49. The van der Waals surface area contributed by atoms with Crippen LogP contribution in [0.1, 0.15) is 31.1 Å². The van der Waals surface area contributed by atoms with Crippen LogP contribution >= 0.6 is 12.4 Å². The van der Waals surface area contributed by atoms with Crippen LogP contribution in [0, 0.1) is 5.92 Å². The zero-order valence-corrected chi connectivity index (χ0v) is 12.8. The van der Waals surface area contributed by atoms with Gasteiger partial charge in [0, 0.05) is 18.5 Å². The van der Waals surface area contributed by atoms with E-state index in [-0.39, 0.29) is 42.7 Å². The Balaban J connectivity index is 0.00000361. The van der Waals surface area contributed by atoms with Crippen LogP contribution in [0.5, 0.6) is 0 Å². The molecule has 1 rings (SSSR count). The standard InChI is InChI=1S/C14H21N3O2.ClH/c1-9(2)16-14(19)11-6-4-5-7-12(11)17-13(18)10(3)8-15;/h4-7,9-10H,8,15H2,1-3H3,(H,16,19)(H,17,18);1H. The first-order valence-electron chi connectivity index (χ1n) is 6.36. The lowest BCUT2D eigenvalue weighted by Gasteiger charge is -2.14. The molecule has 0 aromatic heterocycles. The molecule has 0 spiro atoms. The van der Waals surface area contributed by atoms with Crippen molar-refractivity contribution < 1.29 is 9.59 Å². The molecule has 0 aliphatic heterocycles. The molecule has 0 aliphatic carbocycles. The lowest BCUT2D eigenvalue weighted by molar-refractivity contribution is -0.119. The van der Waals surface area contributed by atoms with Crippen molar-refractivity contribution in [3.8, 4) is 0 Å². The summed E-state index contributed by atoms with van der Waals surface area (Å²) >= 11 is 0. The monoisotopic (exact) mass is 299 g/mol. The number of nitrogens with one attached hydrogen (secondary N) is 2. The zero-order valence-electron chi connectivity index (χ0n) is 12.0. The van der Waals surface area contributed by atoms with Gasteiger partial charge in [-0.2, -0.15) is 0 Å². The third kappa shape index (κ3) is 5.19. The summed E-state index contributed by atoms with van der Waals surface area (Å²) in [5, 5.41) is 5.54. The van der Waals surface area contributed by atoms with E-state index in [1.807, 2.05) is 13.8 Å². The van der Waals surface area contributed by atoms with Crippen molar-refractivity contribution in [2.45, 2.75) is 26.8 Å². The Morgan fingerprint density at radius 3 is 2.35 bits per heavy atom. The van der Waals surface area contributed by atoms with Gasteiger partial charge in [-0.25, -0.2) is 0 Å². The average Bonchev–Trinajstić information content (AvgIpc) is 2.37. The highest BCUT2D eigenvalue weighted by molar-refractivity contribution is 6.04. The van der Waals surface area contributed by atoms with E-state index in [4.69, 9.17) is 5.73 Å². The van der Waals surface area contributed by atoms with E-state index >= 15 is 0 Å². The quantitative estimate of drug-likeness (QED) is 0.775.